The second kappa shape index (κ2) is 5.35. The summed E-state index contributed by atoms with van der Waals surface area (Å²) in [7, 11) is 0. The standard InChI is InChI=1S/C16H23N3/c1-2-12-4-3-5-15-13(10-18-16(12)15)11-19-8-6-14(17)7-9-19/h3-5,10,14,18H,2,6-9,11,17H2,1H3. The van der Waals surface area contributed by atoms with E-state index in [1.54, 1.807) is 0 Å². The van der Waals surface area contributed by atoms with Gasteiger partial charge in [-0.15, -0.1) is 0 Å². The fraction of sp³-hybridized carbons (Fsp3) is 0.500. The Hall–Kier alpha value is -1.32. The summed E-state index contributed by atoms with van der Waals surface area (Å²) in [5.41, 5.74) is 10.1. The average molecular weight is 257 g/mol. The molecule has 1 aromatic carbocycles. The molecule has 0 radical (unpaired) electrons. The molecule has 2 aromatic rings. The number of para-hydroxylation sites is 1. The van der Waals surface area contributed by atoms with E-state index in [0.717, 1.165) is 38.9 Å². The molecular weight excluding hydrogens is 234 g/mol. The molecule has 19 heavy (non-hydrogen) atoms. The van der Waals surface area contributed by atoms with Crippen LogP contribution in [-0.4, -0.2) is 29.0 Å². The molecule has 1 aliphatic rings. The van der Waals surface area contributed by atoms with Crippen LogP contribution in [0.1, 0.15) is 30.9 Å². The number of aromatic nitrogens is 1. The Labute approximate surface area is 114 Å². The van der Waals surface area contributed by atoms with Crippen LogP contribution in [0.25, 0.3) is 10.9 Å². The zero-order chi connectivity index (χ0) is 13.2. The summed E-state index contributed by atoms with van der Waals surface area (Å²) >= 11 is 0. The number of likely N-dealkylation sites (tertiary alicyclic amines) is 1. The molecule has 0 saturated carbocycles. The Morgan fingerprint density at radius 1 is 1.26 bits per heavy atom. The fourth-order valence-corrected chi connectivity index (χ4v) is 3.05. The van der Waals surface area contributed by atoms with E-state index in [1.165, 1.54) is 22.0 Å². The molecule has 0 unspecified atom stereocenters. The average Bonchev–Trinajstić information content (AvgIpc) is 2.84. The topological polar surface area (TPSA) is 45.0 Å². The maximum atomic E-state index is 5.97. The first-order valence-electron chi connectivity index (χ1n) is 7.33. The summed E-state index contributed by atoms with van der Waals surface area (Å²) in [6.07, 6.45) is 5.51. The van der Waals surface area contributed by atoms with Crippen molar-refractivity contribution in [2.75, 3.05) is 13.1 Å². The third-order valence-corrected chi connectivity index (χ3v) is 4.29. The van der Waals surface area contributed by atoms with E-state index in [0.29, 0.717) is 6.04 Å². The normalized spacial score (nSPS) is 18.2. The minimum atomic E-state index is 0.408. The van der Waals surface area contributed by atoms with Crippen LogP contribution in [0.4, 0.5) is 0 Å². The molecule has 3 nitrogen and oxygen atoms in total. The molecule has 0 amide bonds. The first-order chi connectivity index (χ1) is 9.28. The molecular formula is C16H23N3. The SMILES string of the molecule is CCc1cccc2c(CN3CCC(N)CC3)c[nH]c12. The molecule has 3 N–H and O–H groups in total. The molecule has 1 aliphatic heterocycles. The van der Waals surface area contributed by atoms with Crippen molar-refractivity contribution in [2.45, 2.75) is 38.8 Å². The fourth-order valence-electron chi connectivity index (χ4n) is 3.05. The van der Waals surface area contributed by atoms with Crippen molar-refractivity contribution < 1.29 is 0 Å². The van der Waals surface area contributed by atoms with E-state index in [2.05, 4.69) is 41.2 Å². The molecule has 102 valence electrons. The first kappa shape index (κ1) is 12.7. The third-order valence-electron chi connectivity index (χ3n) is 4.29. The van der Waals surface area contributed by atoms with Gasteiger partial charge in [0.2, 0.25) is 0 Å². The number of piperidine rings is 1. The number of nitrogens with zero attached hydrogens (tertiary/aromatic N) is 1. The largest absolute Gasteiger partial charge is 0.361 e. The lowest BCUT2D eigenvalue weighted by molar-refractivity contribution is 0.206. The van der Waals surface area contributed by atoms with Gasteiger partial charge in [-0.2, -0.15) is 0 Å². The van der Waals surface area contributed by atoms with Crippen LogP contribution in [0.3, 0.4) is 0 Å². The number of benzene rings is 1. The molecule has 1 saturated heterocycles. The Balaban J connectivity index is 1.82. The molecule has 0 atom stereocenters. The minimum Gasteiger partial charge on any atom is -0.361 e. The number of H-pyrrole nitrogens is 1. The number of nitrogens with one attached hydrogen (secondary N) is 1. The number of rotatable bonds is 3. The highest BCUT2D eigenvalue weighted by Crippen LogP contribution is 2.24. The van der Waals surface area contributed by atoms with Gasteiger partial charge in [0.05, 0.1) is 0 Å². The van der Waals surface area contributed by atoms with Gasteiger partial charge in [0.15, 0.2) is 0 Å². The quantitative estimate of drug-likeness (QED) is 0.888. The van der Waals surface area contributed by atoms with Crippen LogP contribution < -0.4 is 5.73 Å². The molecule has 3 rings (SSSR count). The van der Waals surface area contributed by atoms with Crippen LogP contribution in [0.15, 0.2) is 24.4 Å². The smallest absolute Gasteiger partial charge is 0.0489 e. The van der Waals surface area contributed by atoms with Gasteiger partial charge in [-0.3, -0.25) is 4.90 Å². The van der Waals surface area contributed by atoms with Crippen LogP contribution in [0, 0.1) is 0 Å². The summed E-state index contributed by atoms with van der Waals surface area (Å²) in [6, 6.07) is 7.02. The summed E-state index contributed by atoms with van der Waals surface area (Å²) in [5, 5.41) is 1.38. The highest BCUT2D eigenvalue weighted by molar-refractivity contribution is 5.86. The van der Waals surface area contributed by atoms with Crippen LogP contribution in [0.5, 0.6) is 0 Å². The number of fused-ring (bicyclic) bond motifs is 1. The maximum absolute atomic E-state index is 5.97. The van der Waals surface area contributed by atoms with Gasteiger partial charge in [-0.1, -0.05) is 25.1 Å². The second-order valence-electron chi connectivity index (χ2n) is 5.62. The van der Waals surface area contributed by atoms with Crippen LogP contribution in [0.2, 0.25) is 0 Å². The number of aryl methyl sites for hydroxylation is 1. The van der Waals surface area contributed by atoms with Gasteiger partial charge in [0.1, 0.15) is 0 Å². The van der Waals surface area contributed by atoms with Crippen molar-refractivity contribution in [2.24, 2.45) is 5.73 Å². The van der Waals surface area contributed by atoms with Crippen molar-refractivity contribution in [1.29, 1.82) is 0 Å². The number of hydrogen-bond donors (Lipinski definition) is 2. The lowest BCUT2D eigenvalue weighted by Gasteiger charge is -2.29. The van der Waals surface area contributed by atoms with Crippen molar-refractivity contribution in [1.82, 2.24) is 9.88 Å². The molecule has 0 aliphatic carbocycles. The molecule has 3 heteroatoms. The summed E-state index contributed by atoms with van der Waals surface area (Å²) in [4.78, 5) is 5.97. The lowest BCUT2D eigenvalue weighted by Crippen LogP contribution is -2.39. The number of nitrogens with two attached hydrogens (primary N) is 1. The first-order valence-corrected chi connectivity index (χ1v) is 7.33. The van der Waals surface area contributed by atoms with Gasteiger partial charge < -0.3 is 10.7 Å². The molecule has 1 fully saturated rings. The zero-order valence-electron chi connectivity index (χ0n) is 11.7. The van der Waals surface area contributed by atoms with Gasteiger partial charge in [-0.25, -0.2) is 0 Å². The van der Waals surface area contributed by atoms with Crippen LogP contribution >= 0.6 is 0 Å². The Morgan fingerprint density at radius 3 is 2.79 bits per heavy atom. The van der Waals surface area contributed by atoms with E-state index in [1.807, 2.05) is 0 Å². The molecule has 1 aromatic heterocycles. The van der Waals surface area contributed by atoms with Crippen LogP contribution in [-0.2, 0) is 13.0 Å². The van der Waals surface area contributed by atoms with E-state index < -0.39 is 0 Å². The Morgan fingerprint density at radius 2 is 2.05 bits per heavy atom. The van der Waals surface area contributed by atoms with Crippen molar-refractivity contribution in [3.05, 3.63) is 35.5 Å². The lowest BCUT2D eigenvalue weighted by atomic mass is 10.0. The highest BCUT2D eigenvalue weighted by atomic mass is 15.1. The maximum Gasteiger partial charge on any atom is 0.0489 e. The predicted octanol–water partition coefficient (Wildman–Crippen LogP) is 2.65. The number of aromatic amines is 1. The van der Waals surface area contributed by atoms with E-state index in [-0.39, 0.29) is 0 Å². The van der Waals surface area contributed by atoms with Gasteiger partial charge in [-0.05, 0) is 43.5 Å². The third kappa shape index (κ3) is 2.53. The predicted molar refractivity (Wildman–Crippen MR) is 80.2 cm³/mol. The van der Waals surface area contributed by atoms with Crippen molar-refractivity contribution in [3.63, 3.8) is 0 Å². The highest BCUT2D eigenvalue weighted by Gasteiger charge is 2.17. The van der Waals surface area contributed by atoms with Gasteiger partial charge >= 0.3 is 0 Å². The summed E-state index contributed by atoms with van der Waals surface area (Å²) < 4.78 is 0. The molecule has 0 bridgehead atoms. The monoisotopic (exact) mass is 257 g/mol. The van der Waals surface area contributed by atoms with E-state index in [4.69, 9.17) is 5.73 Å². The second-order valence-corrected chi connectivity index (χ2v) is 5.62. The van der Waals surface area contributed by atoms with E-state index in [9.17, 15) is 0 Å². The molecule has 2 heterocycles. The Kier molecular flexibility index (Phi) is 3.58. The Bertz CT molecular complexity index is 550. The minimum absolute atomic E-state index is 0.408. The molecule has 0 spiro atoms. The number of hydrogen-bond acceptors (Lipinski definition) is 2. The van der Waals surface area contributed by atoms with Crippen molar-refractivity contribution in [3.8, 4) is 0 Å². The van der Waals surface area contributed by atoms with Crippen molar-refractivity contribution >= 4 is 10.9 Å². The van der Waals surface area contributed by atoms with Gasteiger partial charge in [0.25, 0.3) is 0 Å². The van der Waals surface area contributed by atoms with E-state index >= 15 is 0 Å². The summed E-state index contributed by atoms with van der Waals surface area (Å²) in [6.45, 7) is 5.50. The zero-order valence-corrected chi connectivity index (χ0v) is 11.7. The summed E-state index contributed by atoms with van der Waals surface area (Å²) in [5.74, 6) is 0. The van der Waals surface area contributed by atoms with Gasteiger partial charge in [0, 0.05) is 29.7 Å².